The van der Waals surface area contributed by atoms with Crippen molar-refractivity contribution < 1.29 is 23.1 Å². The van der Waals surface area contributed by atoms with Gasteiger partial charge in [0.1, 0.15) is 0 Å². The van der Waals surface area contributed by atoms with E-state index in [1.807, 2.05) is 37.3 Å². The number of hydrogen-bond acceptors (Lipinski definition) is 3. The van der Waals surface area contributed by atoms with E-state index in [1.54, 1.807) is 10.9 Å². The first-order chi connectivity index (χ1) is 11.6. The molecular formula is C17H18F3N3O2. The number of para-hydroxylation sites is 1. The summed E-state index contributed by atoms with van der Waals surface area (Å²) >= 11 is 0. The van der Waals surface area contributed by atoms with E-state index in [0.29, 0.717) is 12.5 Å². The number of halogens is 3. The van der Waals surface area contributed by atoms with Crippen LogP contribution in [0.1, 0.15) is 31.0 Å². The van der Waals surface area contributed by atoms with Gasteiger partial charge in [0.25, 0.3) is 5.91 Å². The van der Waals surface area contributed by atoms with Gasteiger partial charge in [0.2, 0.25) is 5.60 Å². The molecule has 2 atom stereocenters. The van der Waals surface area contributed by atoms with Gasteiger partial charge in [-0.15, -0.1) is 0 Å². The van der Waals surface area contributed by atoms with Crippen LogP contribution in [0.15, 0.2) is 36.5 Å². The number of amides is 1. The number of hydrogen-bond donors (Lipinski definition) is 1. The Morgan fingerprint density at radius 3 is 2.52 bits per heavy atom. The second-order valence-corrected chi connectivity index (χ2v) is 6.46. The minimum absolute atomic E-state index is 0.0163. The first kappa shape index (κ1) is 17.5. The smallest absolute Gasteiger partial charge is 0.373 e. The zero-order chi connectivity index (χ0) is 18.4. The minimum atomic E-state index is -5.03. The Kier molecular flexibility index (Phi) is 4.10. The van der Waals surface area contributed by atoms with Crippen LogP contribution in [-0.4, -0.2) is 44.0 Å². The van der Waals surface area contributed by atoms with Crippen molar-refractivity contribution in [2.24, 2.45) is 0 Å². The van der Waals surface area contributed by atoms with E-state index in [4.69, 9.17) is 0 Å². The van der Waals surface area contributed by atoms with Crippen LogP contribution in [0.4, 0.5) is 13.2 Å². The SMILES string of the molecule is C[C@@H]1CN(C(=O)[C@@](C)(O)C(F)(F)F)Cc2cnn(-c3ccccc3)c21. The van der Waals surface area contributed by atoms with Gasteiger partial charge >= 0.3 is 6.18 Å². The fourth-order valence-corrected chi connectivity index (χ4v) is 3.08. The van der Waals surface area contributed by atoms with Crippen LogP contribution >= 0.6 is 0 Å². The monoisotopic (exact) mass is 353 g/mol. The third kappa shape index (κ3) is 2.90. The van der Waals surface area contributed by atoms with E-state index < -0.39 is 17.7 Å². The molecule has 0 spiro atoms. The number of aliphatic hydroxyl groups is 1. The molecular weight excluding hydrogens is 335 g/mol. The van der Waals surface area contributed by atoms with E-state index in [9.17, 15) is 23.1 Å². The maximum absolute atomic E-state index is 12.9. The van der Waals surface area contributed by atoms with Crippen molar-refractivity contribution in [1.29, 1.82) is 0 Å². The summed E-state index contributed by atoms with van der Waals surface area (Å²) in [5.74, 6) is -1.57. The molecule has 1 amide bonds. The minimum Gasteiger partial charge on any atom is -0.373 e. The Morgan fingerprint density at radius 2 is 1.92 bits per heavy atom. The average molecular weight is 353 g/mol. The van der Waals surface area contributed by atoms with Gasteiger partial charge in [-0.1, -0.05) is 25.1 Å². The topological polar surface area (TPSA) is 58.4 Å². The van der Waals surface area contributed by atoms with Gasteiger partial charge in [0, 0.05) is 24.6 Å². The lowest BCUT2D eigenvalue weighted by Crippen LogP contribution is -2.57. The summed E-state index contributed by atoms with van der Waals surface area (Å²) in [5.41, 5.74) is -1.02. The molecule has 1 aromatic carbocycles. The van der Waals surface area contributed by atoms with E-state index in [-0.39, 0.29) is 19.0 Å². The first-order valence-electron chi connectivity index (χ1n) is 7.83. The number of rotatable bonds is 2. The number of fused-ring (bicyclic) bond motifs is 1. The average Bonchev–Trinajstić information content (AvgIpc) is 2.98. The highest BCUT2D eigenvalue weighted by atomic mass is 19.4. The molecule has 0 radical (unpaired) electrons. The standard InChI is InChI=1S/C17H18F3N3O2/c1-11-9-22(15(24)16(2,25)17(18,19)20)10-12-8-21-23(14(11)12)13-6-4-3-5-7-13/h3-8,11,25H,9-10H2,1-2H3/t11-,16-/m1/s1. The highest BCUT2D eigenvalue weighted by molar-refractivity contribution is 5.85. The van der Waals surface area contributed by atoms with Crippen molar-refractivity contribution in [3.8, 4) is 5.69 Å². The molecule has 1 N–H and O–H groups in total. The molecule has 134 valence electrons. The maximum Gasteiger partial charge on any atom is 0.426 e. The highest BCUT2D eigenvalue weighted by Gasteiger charge is 2.57. The summed E-state index contributed by atoms with van der Waals surface area (Å²) in [6, 6.07) is 9.38. The molecule has 1 aliphatic rings. The van der Waals surface area contributed by atoms with Crippen LogP contribution in [0, 0.1) is 0 Å². The summed E-state index contributed by atoms with van der Waals surface area (Å²) in [4.78, 5) is 13.3. The number of carbonyl (C=O) groups excluding carboxylic acids is 1. The molecule has 1 aliphatic heterocycles. The van der Waals surface area contributed by atoms with Crippen molar-refractivity contribution in [2.75, 3.05) is 6.54 Å². The molecule has 2 heterocycles. The van der Waals surface area contributed by atoms with Gasteiger partial charge in [0.15, 0.2) is 0 Å². The van der Waals surface area contributed by atoms with Crippen molar-refractivity contribution in [1.82, 2.24) is 14.7 Å². The fraction of sp³-hybridized carbons (Fsp3) is 0.412. The van der Waals surface area contributed by atoms with Gasteiger partial charge in [0.05, 0.1) is 17.6 Å². The van der Waals surface area contributed by atoms with Gasteiger partial charge < -0.3 is 10.0 Å². The van der Waals surface area contributed by atoms with Gasteiger partial charge in [-0.05, 0) is 19.1 Å². The maximum atomic E-state index is 12.9. The number of carbonyl (C=O) groups is 1. The second kappa shape index (κ2) is 5.87. The van der Waals surface area contributed by atoms with E-state index >= 15 is 0 Å². The van der Waals surface area contributed by atoms with Crippen molar-refractivity contribution >= 4 is 5.91 Å². The molecule has 0 saturated heterocycles. The third-order valence-electron chi connectivity index (χ3n) is 4.46. The van der Waals surface area contributed by atoms with Crippen LogP contribution < -0.4 is 0 Å². The van der Waals surface area contributed by atoms with Gasteiger partial charge in [-0.25, -0.2) is 4.68 Å². The molecule has 8 heteroatoms. The largest absolute Gasteiger partial charge is 0.426 e. The molecule has 0 bridgehead atoms. The number of nitrogens with zero attached hydrogens (tertiary/aromatic N) is 3. The Bertz CT molecular complexity index is 784. The Balaban J connectivity index is 1.91. The summed E-state index contributed by atoms with van der Waals surface area (Å²) in [6.07, 6.45) is -3.47. The molecule has 1 aromatic heterocycles. The van der Waals surface area contributed by atoms with Crippen molar-refractivity contribution in [3.63, 3.8) is 0 Å². The fourth-order valence-electron chi connectivity index (χ4n) is 3.08. The quantitative estimate of drug-likeness (QED) is 0.903. The molecule has 0 saturated carbocycles. The van der Waals surface area contributed by atoms with Crippen LogP contribution in [-0.2, 0) is 11.3 Å². The van der Waals surface area contributed by atoms with Gasteiger partial charge in [-0.3, -0.25) is 4.79 Å². The zero-order valence-corrected chi connectivity index (χ0v) is 13.8. The molecule has 0 fully saturated rings. The predicted molar refractivity (Wildman–Crippen MR) is 84.1 cm³/mol. The Labute approximate surface area is 142 Å². The van der Waals surface area contributed by atoms with Crippen LogP contribution in [0.2, 0.25) is 0 Å². The predicted octanol–water partition coefficient (Wildman–Crippen LogP) is 2.63. The van der Waals surface area contributed by atoms with Crippen molar-refractivity contribution in [2.45, 2.75) is 38.1 Å². The summed E-state index contributed by atoms with van der Waals surface area (Å²) < 4.78 is 40.6. The summed E-state index contributed by atoms with van der Waals surface area (Å²) in [5, 5.41) is 14.0. The van der Waals surface area contributed by atoms with E-state index in [1.165, 1.54) is 0 Å². The molecule has 5 nitrogen and oxygen atoms in total. The lowest BCUT2D eigenvalue weighted by Gasteiger charge is -2.36. The van der Waals surface area contributed by atoms with E-state index in [0.717, 1.165) is 16.3 Å². The Hall–Kier alpha value is -2.35. The first-order valence-corrected chi connectivity index (χ1v) is 7.83. The van der Waals surface area contributed by atoms with Crippen LogP contribution in [0.5, 0.6) is 0 Å². The number of benzene rings is 1. The Morgan fingerprint density at radius 1 is 1.28 bits per heavy atom. The molecule has 25 heavy (non-hydrogen) atoms. The van der Waals surface area contributed by atoms with E-state index in [2.05, 4.69) is 5.10 Å². The van der Waals surface area contributed by atoms with Gasteiger partial charge in [-0.2, -0.15) is 18.3 Å². The zero-order valence-electron chi connectivity index (χ0n) is 13.8. The molecule has 0 aliphatic carbocycles. The lowest BCUT2D eigenvalue weighted by atomic mass is 9.95. The normalized spacial score (nSPS) is 20.1. The second-order valence-electron chi connectivity index (χ2n) is 6.46. The summed E-state index contributed by atoms with van der Waals surface area (Å²) in [6.45, 7) is 2.37. The third-order valence-corrected chi connectivity index (χ3v) is 4.46. The number of aromatic nitrogens is 2. The highest BCUT2D eigenvalue weighted by Crippen LogP contribution is 2.35. The van der Waals surface area contributed by atoms with Crippen LogP contribution in [0.3, 0.4) is 0 Å². The molecule has 3 rings (SSSR count). The summed E-state index contributed by atoms with van der Waals surface area (Å²) in [7, 11) is 0. The molecule has 0 unspecified atom stereocenters. The van der Waals surface area contributed by atoms with Crippen LogP contribution in [0.25, 0.3) is 5.69 Å². The van der Waals surface area contributed by atoms with Crippen molar-refractivity contribution in [3.05, 3.63) is 47.8 Å². The lowest BCUT2D eigenvalue weighted by molar-refractivity contribution is -0.250. The molecule has 2 aromatic rings. The number of alkyl halides is 3.